The van der Waals surface area contributed by atoms with E-state index in [1.165, 1.54) is 24.8 Å². The Morgan fingerprint density at radius 3 is 2.71 bits per heavy atom. The molecule has 3 aromatic heterocycles. The minimum atomic E-state index is -0.493. The highest BCUT2D eigenvalue weighted by Crippen LogP contribution is 2.34. The molecular formula is C21H25Cl2N7O4S. The summed E-state index contributed by atoms with van der Waals surface area (Å²) in [6, 6.07) is -0.254. The van der Waals surface area contributed by atoms with E-state index < -0.39 is 5.97 Å². The fourth-order valence-corrected chi connectivity index (χ4v) is 5.38. The molecule has 1 fully saturated rings. The molecule has 4 rings (SSSR count). The Morgan fingerprint density at radius 1 is 1.34 bits per heavy atom. The normalized spacial score (nSPS) is 18.1. The average molecular weight is 542 g/mol. The summed E-state index contributed by atoms with van der Waals surface area (Å²) in [6.45, 7) is 5.16. The van der Waals surface area contributed by atoms with Crippen molar-refractivity contribution in [3.05, 3.63) is 32.6 Å². The number of esters is 1. The van der Waals surface area contributed by atoms with E-state index in [2.05, 4.69) is 20.4 Å². The molecule has 0 unspecified atom stereocenters. The predicted octanol–water partition coefficient (Wildman–Crippen LogP) is 3.08. The third kappa shape index (κ3) is 5.01. The SMILES string of the molecule is CCO[C@H]1CN(c2nc(-c3ncnn3C)c(C(=O)OC)s2)CC[C@H]1NC(=O)c1[nH]c(C)c(Cl)c1Cl. The van der Waals surface area contributed by atoms with E-state index in [4.69, 9.17) is 37.7 Å². The Bertz CT molecular complexity index is 1240. The van der Waals surface area contributed by atoms with Gasteiger partial charge in [0, 0.05) is 32.4 Å². The van der Waals surface area contributed by atoms with Gasteiger partial charge in [0.2, 0.25) is 0 Å². The van der Waals surface area contributed by atoms with Crippen molar-refractivity contribution < 1.29 is 19.1 Å². The number of aromatic amines is 1. The Hall–Kier alpha value is -2.67. The number of nitrogens with one attached hydrogen (secondary N) is 2. The van der Waals surface area contributed by atoms with Crippen molar-refractivity contribution in [1.29, 1.82) is 0 Å². The fraction of sp³-hybridized carbons (Fsp3) is 0.476. The number of methoxy groups -OCH3 is 1. The Labute approximate surface area is 215 Å². The third-order valence-electron chi connectivity index (χ3n) is 5.72. The van der Waals surface area contributed by atoms with Gasteiger partial charge in [-0.1, -0.05) is 34.5 Å². The van der Waals surface area contributed by atoms with Gasteiger partial charge in [-0.2, -0.15) is 5.10 Å². The molecule has 4 heterocycles. The lowest BCUT2D eigenvalue weighted by molar-refractivity contribution is 0.0272. The van der Waals surface area contributed by atoms with Crippen LogP contribution in [0.1, 0.15) is 39.2 Å². The minimum Gasteiger partial charge on any atom is -0.465 e. The number of aromatic nitrogens is 5. The standard InChI is InChI=1S/C21H25Cl2N7O4S/c1-5-34-12-8-30(7-6-11(12)27-19(31)15-14(23)13(22)10(2)26-15)21-28-16(17(35-21)20(32)33-4)18-24-9-25-29(18)3/h9,11-12,26H,5-8H2,1-4H3,(H,27,31)/t11-,12+/m1/s1. The number of H-pyrrole nitrogens is 1. The molecule has 1 aliphatic rings. The van der Waals surface area contributed by atoms with Gasteiger partial charge < -0.3 is 24.7 Å². The highest BCUT2D eigenvalue weighted by Gasteiger charge is 2.34. The van der Waals surface area contributed by atoms with Gasteiger partial charge in [0.15, 0.2) is 11.0 Å². The number of halogens is 2. The maximum absolute atomic E-state index is 12.9. The summed E-state index contributed by atoms with van der Waals surface area (Å²) >= 11 is 13.6. The van der Waals surface area contributed by atoms with Crippen LogP contribution in [0, 0.1) is 6.92 Å². The van der Waals surface area contributed by atoms with Crippen molar-refractivity contribution in [1.82, 2.24) is 30.0 Å². The molecule has 2 atom stereocenters. The zero-order valence-electron chi connectivity index (χ0n) is 19.6. The minimum absolute atomic E-state index is 0.196. The number of anilines is 1. The van der Waals surface area contributed by atoms with E-state index >= 15 is 0 Å². The first-order valence-electron chi connectivity index (χ1n) is 10.9. The van der Waals surface area contributed by atoms with Crippen molar-refractivity contribution in [2.45, 2.75) is 32.4 Å². The van der Waals surface area contributed by atoms with Crippen molar-refractivity contribution in [2.75, 3.05) is 31.7 Å². The van der Waals surface area contributed by atoms with Gasteiger partial charge in [-0.15, -0.1) is 0 Å². The number of carbonyl (C=O) groups excluding carboxylic acids is 2. The summed E-state index contributed by atoms with van der Waals surface area (Å²) in [6.07, 6.45) is 1.68. The molecule has 0 aromatic carbocycles. The smallest absolute Gasteiger partial charge is 0.350 e. The van der Waals surface area contributed by atoms with Gasteiger partial charge in [0.05, 0.1) is 29.3 Å². The second-order valence-corrected chi connectivity index (χ2v) is 9.67. The summed E-state index contributed by atoms with van der Waals surface area (Å²) in [7, 11) is 3.05. The van der Waals surface area contributed by atoms with E-state index in [0.29, 0.717) is 58.4 Å². The molecule has 0 bridgehead atoms. The Kier molecular flexibility index (Phi) is 7.64. The molecule has 14 heteroatoms. The molecule has 188 valence electrons. The molecule has 0 aliphatic carbocycles. The fourth-order valence-electron chi connectivity index (χ4n) is 3.94. The summed E-state index contributed by atoms with van der Waals surface area (Å²) in [5, 5.41) is 8.26. The topological polar surface area (TPSA) is 127 Å². The summed E-state index contributed by atoms with van der Waals surface area (Å²) < 4.78 is 12.5. The Morgan fingerprint density at radius 2 is 2.11 bits per heavy atom. The van der Waals surface area contributed by atoms with Crippen LogP contribution in [0.2, 0.25) is 10.0 Å². The number of piperidine rings is 1. The predicted molar refractivity (Wildman–Crippen MR) is 132 cm³/mol. The second-order valence-electron chi connectivity index (χ2n) is 7.93. The van der Waals surface area contributed by atoms with E-state index in [0.717, 1.165) is 0 Å². The zero-order valence-corrected chi connectivity index (χ0v) is 21.9. The maximum Gasteiger partial charge on any atom is 0.350 e. The largest absolute Gasteiger partial charge is 0.465 e. The van der Waals surface area contributed by atoms with Gasteiger partial charge in [0.1, 0.15) is 22.6 Å². The van der Waals surface area contributed by atoms with Crippen molar-refractivity contribution in [3.8, 4) is 11.5 Å². The molecule has 1 saturated heterocycles. The molecule has 1 aliphatic heterocycles. The van der Waals surface area contributed by atoms with E-state index in [1.54, 1.807) is 18.7 Å². The monoisotopic (exact) mass is 541 g/mol. The molecule has 3 aromatic rings. The molecule has 0 saturated carbocycles. The van der Waals surface area contributed by atoms with Crippen LogP contribution in [0.4, 0.5) is 5.13 Å². The number of ether oxygens (including phenoxy) is 2. The van der Waals surface area contributed by atoms with Crippen LogP contribution in [0.5, 0.6) is 0 Å². The lowest BCUT2D eigenvalue weighted by atomic mass is 10.0. The van der Waals surface area contributed by atoms with Crippen LogP contribution in [-0.2, 0) is 16.5 Å². The van der Waals surface area contributed by atoms with Crippen LogP contribution >= 0.6 is 34.5 Å². The van der Waals surface area contributed by atoms with Crippen molar-refractivity contribution in [2.24, 2.45) is 7.05 Å². The highest BCUT2D eigenvalue weighted by molar-refractivity contribution is 7.17. The number of hydrogen-bond donors (Lipinski definition) is 2. The number of carbonyl (C=O) groups is 2. The van der Waals surface area contributed by atoms with E-state index in [1.807, 2.05) is 11.8 Å². The first kappa shape index (κ1) is 25.4. The average Bonchev–Trinajstić information content (AvgIpc) is 3.54. The first-order valence-corrected chi connectivity index (χ1v) is 12.5. The van der Waals surface area contributed by atoms with Gasteiger partial charge in [-0.25, -0.2) is 19.4 Å². The van der Waals surface area contributed by atoms with Crippen molar-refractivity contribution in [3.63, 3.8) is 0 Å². The molecule has 1 amide bonds. The van der Waals surface area contributed by atoms with Gasteiger partial charge in [0.25, 0.3) is 5.91 Å². The van der Waals surface area contributed by atoms with Crippen LogP contribution in [-0.4, -0.2) is 75.6 Å². The van der Waals surface area contributed by atoms with Gasteiger partial charge in [-0.3, -0.25) is 4.79 Å². The van der Waals surface area contributed by atoms with E-state index in [-0.39, 0.29) is 28.8 Å². The molecule has 2 N–H and O–H groups in total. The summed E-state index contributed by atoms with van der Waals surface area (Å²) in [5.41, 5.74) is 1.26. The molecule has 0 spiro atoms. The first-order chi connectivity index (χ1) is 16.7. The van der Waals surface area contributed by atoms with Crippen LogP contribution in [0.3, 0.4) is 0 Å². The number of hydrogen-bond acceptors (Lipinski definition) is 9. The number of aryl methyl sites for hydroxylation is 2. The highest BCUT2D eigenvalue weighted by atomic mass is 35.5. The number of nitrogens with zero attached hydrogens (tertiary/aromatic N) is 5. The quantitative estimate of drug-likeness (QED) is 0.436. The van der Waals surface area contributed by atoms with Crippen molar-refractivity contribution >= 4 is 51.5 Å². The molecule has 11 nitrogen and oxygen atoms in total. The summed E-state index contributed by atoms with van der Waals surface area (Å²) in [5.74, 6) is -0.375. The van der Waals surface area contributed by atoms with Gasteiger partial charge in [-0.05, 0) is 20.3 Å². The number of amides is 1. The second kappa shape index (κ2) is 10.5. The van der Waals surface area contributed by atoms with Crippen LogP contribution in [0.15, 0.2) is 6.33 Å². The number of rotatable bonds is 7. The molecule has 0 radical (unpaired) electrons. The zero-order chi connectivity index (χ0) is 25.3. The molecular weight excluding hydrogens is 517 g/mol. The maximum atomic E-state index is 12.9. The third-order valence-corrected chi connectivity index (χ3v) is 7.76. The van der Waals surface area contributed by atoms with Crippen LogP contribution < -0.4 is 10.2 Å². The Balaban J connectivity index is 1.55. The summed E-state index contributed by atoms with van der Waals surface area (Å²) in [4.78, 5) is 39.6. The lowest BCUT2D eigenvalue weighted by Gasteiger charge is -2.38. The van der Waals surface area contributed by atoms with E-state index in [9.17, 15) is 9.59 Å². The molecule has 35 heavy (non-hydrogen) atoms. The number of thiazole rings is 1. The van der Waals surface area contributed by atoms with Crippen LogP contribution in [0.25, 0.3) is 11.5 Å². The lowest BCUT2D eigenvalue weighted by Crippen LogP contribution is -2.55. The van der Waals surface area contributed by atoms with Gasteiger partial charge >= 0.3 is 5.97 Å².